The molecule has 3 aromatic heterocycles. The van der Waals surface area contributed by atoms with Crippen LogP contribution in [0.15, 0.2) is 64.0 Å². The average Bonchev–Trinajstić information content (AvgIpc) is 3.39. The molecule has 3 heterocycles. The molecule has 2 aromatic carbocycles. The van der Waals surface area contributed by atoms with E-state index in [1.165, 1.54) is 10.9 Å². The van der Waals surface area contributed by atoms with Crippen LogP contribution in [-0.2, 0) is 0 Å². The first-order valence-corrected chi connectivity index (χ1v) is 11.3. The molecule has 2 N–H and O–H groups in total. The maximum Gasteiger partial charge on any atom is 0.263 e. The molecule has 34 heavy (non-hydrogen) atoms. The number of fused-ring (bicyclic) bond motifs is 1. The highest BCUT2D eigenvalue weighted by atomic mass is 79.9. The lowest BCUT2D eigenvalue weighted by atomic mass is 10.1. The molecule has 0 unspecified atom stereocenters. The third-order valence-electron chi connectivity index (χ3n) is 5.55. The summed E-state index contributed by atoms with van der Waals surface area (Å²) in [6.07, 6.45) is 1.49. The van der Waals surface area contributed by atoms with Gasteiger partial charge in [0.05, 0.1) is 23.1 Å². The number of rotatable bonds is 4. The number of H-pyrrole nitrogens is 1. The highest BCUT2D eigenvalue weighted by Crippen LogP contribution is 2.21. The van der Waals surface area contributed by atoms with Crippen molar-refractivity contribution in [1.82, 2.24) is 29.5 Å². The summed E-state index contributed by atoms with van der Waals surface area (Å²) in [5.41, 5.74) is 4.20. The molecular formula is C24H20BrN7O2. The summed E-state index contributed by atoms with van der Waals surface area (Å²) >= 11 is 3.40. The van der Waals surface area contributed by atoms with Gasteiger partial charge in [-0.1, -0.05) is 18.2 Å². The number of halogens is 1. The average molecular weight is 518 g/mol. The Hall–Kier alpha value is -4.05. The molecule has 0 aliphatic rings. The summed E-state index contributed by atoms with van der Waals surface area (Å²) in [5, 5.41) is 12.0. The lowest BCUT2D eigenvalue weighted by Gasteiger charge is -2.10. The van der Waals surface area contributed by atoms with Crippen LogP contribution >= 0.6 is 15.9 Å². The summed E-state index contributed by atoms with van der Waals surface area (Å²) in [4.78, 5) is 33.1. The third kappa shape index (κ3) is 3.81. The molecule has 1 amide bonds. The van der Waals surface area contributed by atoms with Crippen molar-refractivity contribution in [2.75, 3.05) is 5.32 Å². The number of carbonyl (C=O) groups excluding carboxylic acids is 1. The van der Waals surface area contributed by atoms with Gasteiger partial charge in [0.25, 0.3) is 11.5 Å². The third-order valence-corrected chi connectivity index (χ3v) is 6.24. The Morgan fingerprint density at radius 3 is 2.59 bits per heavy atom. The fraction of sp³-hybridized carbons (Fsp3) is 0.125. The van der Waals surface area contributed by atoms with E-state index in [1.807, 2.05) is 38.1 Å². The summed E-state index contributed by atoms with van der Waals surface area (Å²) < 4.78 is 3.69. The summed E-state index contributed by atoms with van der Waals surface area (Å²) in [7, 11) is 0. The SMILES string of the molecule is Cc1cc(NC(=O)c2ccccc2Br)n(-c2nc3c(cnn3-c3ccc(C)c(C)c3)c(=O)[nH]2)n1. The van der Waals surface area contributed by atoms with Crippen LogP contribution in [-0.4, -0.2) is 35.4 Å². The standard InChI is InChI=1S/C24H20BrN7O2/c1-13-8-9-16(10-14(13)2)31-21-18(12-26-31)23(34)29-24(28-21)32-20(11-15(3)30-32)27-22(33)17-6-4-5-7-19(17)25/h4-12H,1-3H3,(H,27,33)(H,28,29,34). The molecule has 0 aliphatic heterocycles. The molecule has 0 spiro atoms. The maximum absolute atomic E-state index is 12.9. The van der Waals surface area contributed by atoms with Crippen molar-refractivity contribution in [2.24, 2.45) is 0 Å². The normalized spacial score (nSPS) is 11.2. The van der Waals surface area contributed by atoms with E-state index in [2.05, 4.69) is 41.4 Å². The van der Waals surface area contributed by atoms with Gasteiger partial charge in [-0.25, -0.2) is 4.68 Å². The van der Waals surface area contributed by atoms with Crippen LogP contribution in [0.25, 0.3) is 22.7 Å². The zero-order valence-corrected chi connectivity index (χ0v) is 20.2. The van der Waals surface area contributed by atoms with Gasteiger partial charge in [-0.3, -0.25) is 14.6 Å². The topological polar surface area (TPSA) is 110 Å². The Bertz CT molecular complexity index is 1630. The molecule has 0 saturated heterocycles. The van der Waals surface area contributed by atoms with Gasteiger partial charge in [0.1, 0.15) is 11.2 Å². The first-order chi connectivity index (χ1) is 16.3. The predicted molar refractivity (Wildman–Crippen MR) is 133 cm³/mol. The Balaban J connectivity index is 1.60. The van der Waals surface area contributed by atoms with Gasteiger partial charge < -0.3 is 5.32 Å². The first kappa shape index (κ1) is 21.8. The summed E-state index contributed by atoms with van der Waals surface area (Å²) in [5.74, 6) is 0.217. The van der Waals surface area contributed by atoms with Gasteiger partial charge in [0.15, 0.2) is 5.65 Å². The van der Waals surface area contributed by atoms with Gasteiger partial charge in [0.2, 0.25) is 5.95 Å². The van der Waals surface area contributed by atoms with Crippen LogP contribution in [0.1, 0.15) is 27.2 Å². The quantitative estimate of drug-likeness (QED) is 0.370. The Morgan fingerprint density at radius 2 is 1.82 bits per heavy atom. The van der Waals surface area contributed by atoms with Crippen LogP contribution in [0.3, 0.4) is 0 Å². The smallest absolute Gasteiger partial charge is 0.263 e. The minimum absolute atomic E-state index is 0.165. The first-order valence-electron chi connectivity index (χ1n) is 10.5. The lowest BCUT2D eigenvalue weighted by molar-refractivity contribution is 0.102. The summed E-state index contributed by atoms with van der Waals surface area (Å²) in [6.45, 7) is 5.84. The number of benzene rings is 2. The molecule has 10 heteroatoms. The predicted octanol–water partition coefficient (Wildman–Crippen LogP) is 4.23. The van der Waals surface area contributed by atoms with E-state index in [0.29, 0.717) is 32.6 Å². The van der Waals surface area contributed by atoms with Crippen molar-refractivity contribution < 1.29 is 4.79 Å². The minimum atomic E-state index is -0.355. The van der Waals surface area contributed by atoms with Gasteiger partial charge >= 0.3 is 0 Å². The molecule has 0 aliphatic carbocycles. The van der Waals surface area contributed by atoms with Crippen LogP contribution in [0.2, 0.25) is 0 Å². The van der Waals surface area contributed by atoms with Crippen LogP contribution in [0.4, 0.5) is 5.82 Å². The second kappa shape index (κ2) is 8.38. The molecule has 0 radical (unpaired) electrons. The number of nitrogens with one attached hydrogen (secondary N) is 2. The zero-order valence-electron chi connectivity index (χ0n) is 18.6. The van der Waals surface area contributed by atoms with Crippen molar-refractivity contribution in [2.45, 2.75) is 20.8 Å². The van der Waals surface area contributed by atoms with Crippen molar-refractivity contribution in [3.63, 3.8) is 0 Å². The van der Waals surface area contributed by atoms with Crippen LogP contribution in [0.5, 0.6) is 0 Å². The molecule has 5 aromatic rings. The van der Waals surface area contributed by atoms with E-state index in [-0.39, 0.29) is 17.4 Å². The minimum Gasteiger partial charge on any atom is -0.306 e. The molecule has 9 nitrogen and oxygen atoms in total. The van der Waals surface area contributed by atoms with E-state index in [0.717, 1.165) is 16.8 Å². The molecular weight excluding hydrogens is 498 g/mol. The van der Waals surface area contributed by atoms with Crippen molar-refractivity contribution in [3.8, 4) is 11.6 Å². The van der Waals surface area contributed by atoms with Gasteiger partial charge in [-0.15, -0.1) is 0 Å². The number of carbonyl (C=O) groups is 1. The molecule has 0 atom stereocenters. The Labute approximate surface area is 202 Å². The van der Waals surface area contributed by atoms with E-state index in [9.17, 15) is 9.59 Å². The van der Waals surface area contributed by atoms with E-state index in [4.69, 9.17) is 0 Å². The van der Waals surface area contributed by atoms with E-state index < -0.39 is 0 Å². The van der Waals surface area contributed by atoms with Gasteiger partial charge in [-0.2, -0.15) is 19.9 Å². The van der Waals surface area contributed by atoms with Gasteiger partial charge in [-0.05, 0) is 72.1 Å². The van der Waals surface area contributed by atoms with Crippen LogP contribution in [0, 0.1) is 20.8 Å². The van der Waals surface area contributed by atoms with E-state index in [1.54, 1.807) is 35.9 Å². The fourth-order valence-corrected chi connectivity index (χ4v) is 4.10. The van der Waals surface area contributed by atoms with E-state index >= 15 is 0 Å². The fourth-order valence-electron chi connectivity index (χ4n) is 3.63. The highest BCUT2D eigenvalue weighted by Gasteiger charge is 2.18. The number of amides is 1. The number of anilines is 1. The molecule has 170 valence electrons. The Kier molecular flexibility index (Phi) is 5.37. The monoisotopic (exact) mass is 517 g/mol. The van der Waals surface area contributed by atoms with Crippen LogP contribution < -0.4 is 10.9 Å². The maximum atomic E-state index is 12.9. The molecule has 0 fully saturated rings. The lowest BCUT2D eigenvalue weighted by Crippen LogP contribution is -2.19. The Morgan fingerprint density at radius 1 is 1.03 bits per heavy atom. The number of aromatic nitrogens is 6. The number of hydrogen-bond acceptors (Lipinski definition) is 5. The number of hydrogen-bond donors (Lipinski definition) is 2. The molecule has 0 bridgehead atoms. The highest BCUT2D eigenvalue weighted by molar-refractivity contribution is 9.10. The zero-order chi connectivity index (χ0) is 24.0. The summed E-state index contributed by atoms with van der Waals surface area (Å²) in [6, 6.07) is 14.7. The second-order valence-electron chi connectivity index (χ2n) is 7.97. The largest absolute Gasteiger partial charge is 0.306 e. The van der Waals surface area contributed by atoms with Crippen molar-refractivity contribution >= 4 is 38.7 Å². The number of nitrogens with zero attached hydrogens (tertiary/aromatic N) is 5. The van der Waals surface area contributed by atoms with Crippen molar-refractivity contribution in [1.29, 1.82) is 0 Å². The molecule has 5 rings (SSSR count). The van der Waals surface area contributed by atoms with Crippen molar-refractivity contribution in [3.05, 3.63) is 91.9 Å². The number of aromatic amines is 1. The molecule has 0 saturated carbocycles. The van der Waals surface area contributed by atoms with Gasteiger partial charge in [0, 0.05) is 10.5 Å². The second-order valence-corrected chi connectivity index (χ2v) is 8.82. The number of aryl methyl sites for hydroxylation is 3.